The van der Waals surface area contributed by atoms with E-state index in [4.69, 9.17) is 23.2 Å². The van der Waals surface area contributed by atoms with Crippen molar-refractivity contribution in [3.63, 3.8) is 0 Å². The number of carbonyl (C=O) groups is 1. The lowest BCUT2D eigenvalue weighted by molar-refractivity contribution is 0.102. The zero-order chi connectivity index (χ0) is 18.5. The molecule has 3 rings (SSSR count). The van der Waals surface area contributed by atoms with Gasteiger partial charge in [0.2, 0.25) is 0 Å². The van der Waals surface area contributed by atoms with Gasteiger partial charge in [-0.05, 0) is 36.4 Å². The Balaban J connectivity index is 1.62. The number of hydrogen-bond acceptors (Lipinski definition) is 4. The van der Waals surface area contributed by atoms with Gasteiger partial charge in [0.05, 0.1) is 10.0 Å². The van der Waals surface area contributed by atoms with Crippen molar-refractivity contribution >= 4 is 40.6 Å². The number of amides is 1. The monoisotopic (exact) mass is 390 g/mol. The number of hydrogen-bond donors (Lipinski definition) is 2. The summed E-state index contributed by atoms with van der Waals surface area (Å²) in [6.45, 7) is 0.260. The summed E-state index contributed by atoms with van der Waals surface area (Å²) in [5, 5.41) is 14.1. The molecule has 132 valence electrons. The van der Waals surface area contributed by atoms with Crippen LogP contribution < -0.4 is 10.6 Å². The molecule has 0 aliphatic rings. The molecule has 1 amide bonds. The van der Waals surface area contributed by atoms with Crippen molar-refractivity contribution in [2.24, 2.45) is 0 Å². The molecule has 0 aliphatic heterocycles. The van der Waals surface area contributed by atoms with Crippen molar-refractivity contribution in [3.05, 3.63) is 81.7 Å². The fourth-order valence-electron chi connectivity index (χ4n) is 2.14. The molecule has 0 spiro atoms. The minimum Gasteiger partial charge on any atom is -0.364 e. The lowest BCUT2D eigenvalue weighted by Gasteiger charge is -2.08. The highest BCUT2D eigenvalue weighted by Gasteiger charge is 2.10. The molecule has 2 N–H and O–H groups in total. The van der Waals surface area contributed by atoms with E-state index in [0.717, 1.165) is 0 Å². The summed E-state index contributed by atoms with van der Waals surface area (Å²) in [6, 6.07) is 14.3. The number of halogens is 3. The SMILES string of the molecule is O=C(Nc1ccc(Cl)c(Cl)c1)c1ccc(NCc2ccccc2F)nn1. The molecule has 5 nitrogen and oxygen atoms in total. The predicted molar refractivity (Wildman–Crippen MR) is 100 cm³/mol. The Morgan fingerprint density at radius 3 is 2.50 bits per heavy atom. The molecule has 0 unspecified atom stereocenters. The van der Waals surface area contributed by atoms with Crippen molar-refractivity contribution < 1.29 is 9.18 Å². The maximum atomic E-state index is 13.6. The Hall–Kier alpha value is -2.70. The second kappa shape index (κ2) is 8.12. The van der Waals surface area contributed by atoms with Crippen LogP contribution in [-0.4, -0.2) is 16.1 Å². The maximum Gasteiger partial charge on any atom is 0.276 e. The van der Waals surface area contributed by atoms with Crippen molar-refractivity contribution in [3.8, 4) is 0 Å². The second-order valence-electron chi connectivity index (χ2n) is 5.33. The third-order valence-electron chi connectivity index (χ3n) is 3.49. The molecule has 0 saturated carbocycles. The molecule has 0 atom stereocenters. The molecule has 0 saturated heterocycles. The number of benzene rings is 2. The Bertz CT molecular complexity index is 935. The maximum absolute atomic E-state index is 13.6. The standard InChI is InChI=1S/C18H13Cl2FN4O/c19-13-6-5-12(9-14(13)20)23-18(26)16-7-8-17(25-24-16)22-10-11-3-1-2-4-15(11)21/h1-9H,10H2,(H,22,25)(H,23,26). The number of carbonyl (C=O) groups excluding carboxylic acids is 1. The number of rotatable bonds is 5. The topological polar surface area (TPSA) is 66.9 Å². The smallest absolute Gasteiger partial charge is 0.276 e. The van der Waals surface area contributed by atoms with E-state index in [-0.39, 0.29) is 18.1 Å². The summed E-state index contributed by atoms with van der Waals surface area (Å²) < 4.78 is 13.6. The normalized spacial score (nSPS) is 10.4. The minimum absolute atomic E-state index is 0.132. The average molecular weight is 391 g/mol. The van der Waals surface area contributed by atoms with Crippen molar-refractivity contribution in [2.75, 3.05) is 10.6 Å². The fraction of sp³-hybridized carbons (Fsp3) is 0.0556. The highest BCUT2D eigenvalue weighted by atomic mass is 35.5. The first-order valence-corrected chi connectivity index (χ1v) is 8.36. The largest absolute Gasteiger partial charge is 0.364 e. The van der Waals surface area contributed by atoms with E-state index in [1.807, 2.05) is 0 Å². The van der Waals surface area contributed by atoms with Gasteiger partial charge in [-0.25, -0.2) is 4.39 Å². The van der Waals surface area contributed by atoms with Crippen LogP contribution in [0, 0.1) is 5.82 Å². The van der Waals surface area contributed by atoms with Crippen LogP contribution in [0.2, 0.25) is 10.0 Å². The molecule has 0 radical (unpaired) electrons. The van der Waals surface area contributed by atoms with E-state index in [9.17, 15) is 9.18 Å². The Kier molecular flexibility index (Phi) is 5.65. The van der Waals surface area contributed by atoms with Crippen LogP contribution >= 0.6 is 23.2 Å². The van der Waals surface area contributed by atoms with E-state index in [1.165, 1.54) is 12.1 Å². The van der Waals surface area contributed by atoms with Gasteiger partial charge in [-0.1, -0.05) is 41.4 Å². The van der Waals surface area contributed by atoms with Gasteiger partial charge in [0, 0.05) is 17.8 Å². The van der Waals surface area contributed by atoms with Gasteiger partial charge < -0.3 is 10.6 Å². The highest BCUT2D eigenvalue weighted by molar-refractivity contribution is 6.42. The third-order valence-corrected chi connectivity index (χ3v) is 4.23. The van der Waals surface area contributed by atoms with Crippen molar-refractivity contribution in [1.82, 2.24) is 10.2 Å². The number of aromatic nitrogens is 2. The molecule has 1 heterocycles. The number of nitrogens with zero attached hydrogens (tertiary/aromatic N) is 2. The minimum atomic E-state index is -0.434. The fourth-order valence-corrected chi connectivity index (χ4v) is 2.44. The quantitative estimate of drug-likeness (QED) is 0.657. The lowest BCUT2D eigenvalue weighted by atomic mass is 10.2. The van der Waals surface area contributed by atoms with Gasteiger partial charge in [-0.15, -0.1) is 10.2 Å². The van der Waals surface area contributed by atoms with Crippen LogP contribution in [0.5, 0.6) is 0 Å². The van der Waals surface area contributed by atoms with Gasteiger partial charge in [0.25, 0.3) is 5.91 Å². The average Bonchev–Trinajstić information content (AvgIpc) is 2.64. The Morgan fingerprint density at radius 2 is 1.81 bits per heavy atom. The van der Waals surface area contributed by atoms with Crippen molar-refractivity contribution in [1.29, 1.82) is 0 Å². The van der Waals surface area contributed by atoms with Crippen LogP contribution in [0.25, 0.3) is 0 Å². The molecule has 0 bridgehead atoms. The summed E-state index contributed by atoms with van der Waals surface area (Å²) in [4.78, 5) is 12.2. The zero-order valence-electron chi connectivity index (χ0n) is 13.3. The van der Waals surface area contributed by atoms with E-state index < -0.39 is 5.91 Å². The van der Waals surface area contributed by atoms with Gasteiger partial charge >= 0.3 is 0 Å². The second-order valence-corrected chi connectivity index (χ2v) is 6.15. The predicted octanol–water partition coefficient (Wildman–Crippen LogP) is 4.79. The third kappa shape index (κ3) is 4.47. The van der Waals surface area contributed by atoms with Crippen LogP contribution in [0.4, 0.5) is 15.9 Å². The first-order valence-electron chi connectivity index (χ1n) is 7.60. The summed E-state index contributed by atoms with van der Waals surface area (Å²) in [6.07, 6.45) is 0. The molecule has 26 heavy (non-hydrogen) atoms. The molecule has 2 aromatic carbocycles. The lowest BCUT2D eigenvalue weighted by Crippen LogP contribution is -2.15. The van der Waals surface area contributed by atoms with E-state index >= 15 is 0 Å². The summed E-state index contributed by atoms with van der Waals surface area (Å²) in [5.41, 5.74) is 1.14. The zero-order valence-corrected chi connectivity index (χ0v) is 14.9. The molecule has 8 heteroatoms. The van der Waals surface area contributed by atoms with Gasteiger partial charge in [0.15, 0.2) is 5.69 Å². The Labute approximate surface area is 159 Å². The highest BCUT2D eigenvalue weighted by Crippen LogP contribution is 2.25. The van der Waals surface area contributed by atoms with E-state index in [2.05, 4.69) is 20.8 Å². The van der Waals surface area contributed by atoms with E-state index in [0.29, 0.717) is 27.1 Å². The first-order chi connectivity index (χ1) is 12.5. The van der Waals surface area contributed by atoms with Gasteiger partial charge in [-0.3, -0.25) is 4.79 Å². The van der Waals surface area contributed by atoms with Crippen LogP contribution in [0.1, 0.15) is 16.1 Å². The van der Waals surface area contributed by atoms with Crippen molar-refractivity contribution in [2.45, 2.75) is 6.54 Å². The number of anilines is 2. The molecular formula is C18H13Cl2FN4O. The molecule has 0 aliphatic carbocycles. The molecule has 1 aromatic heterocycles. The Morgan fingerprint density at radius 1 is 1.00 bits per heavy atom. The summed E-state index contributed by atoms with van der Waals surface area (Å²) >= 11 is 11.8. The molecule has 0 fully saturated rings. The van der Waals surface area contributed by atoms with Crippen LogP contribution in [0.15, 0.2) is 54.6 Å². The van der Waals surface area contributed by atoms with E-state index in [1.54, 1.807) is 42.5 Å². The van der Waals surface area contributed by atoms with Gasteiger partial charge in [-0.2, -0.15) is 0 Å². The summed E-state index contributed by atoms with van der Waals surface area (Å²) in [5.74, 6) is -0.304. The van der Waals surface area contributed by atoms with Crippen LogP contribution in [0.3, 0.4) is 0 Å². The van der Waals surface area contributed by atoms with Crippen LogP contribution in [-0.2, 0) is 6.54 Å². The summed E-state index contributed by atoms with van der Waals surface area (Å²) in [7, 11) is 0. The number of nitrogens with one attached hydrogen (secondary N) is 2. The van der Waals surface area contributed by atoms with Gasteiger partial charge in [0.1, 0.15) is 11.6 Å². The molecule has 3 aromatic rings. The first kappa shape index (κ1) is 18.1. The molecular weight excluding hydrogens is 378 g/mol.